The van der Waals surface area contributed by atoms with Crippen LogP contribution in [0.4, 0.5) is 10.1 Å². The summed E-state index contributed by atoms with van der Waals surface area (Å²) in [6.07, 6.45) is 1.16. The highest BCUT2D eigenvalue weighted by molar-refractivity contribution is 7.99. The number of rotatable bonds is 4. The van der Waals surface area contributed by atoms with Crippen molar-refractivity contribution in [3.8, 4) is 0 Å². The first kappa shape index (κ1) is 12.2. The minimum Gasteiger partial charge on any atom is -0.382 e. The predicted octanol–water partition coefficient (Wildman–Crippen LogP) is 2.09. The molecule has 0 saturated carbocycles. The van der Waals surface area contributed by atoms with Gasteiger partial charge in [0, 0.05) is 12.1 Å². The summed E-state index contributed by atoms with van der Waals surface area (Å²) in [7, 11) is 0. The third kappa shape index (κ3) is 3.12. The van der Waals surface area contributed by atoms with E-state index in [9.17, 15) is 9.18 Å². The molecule has 3 nitrogen and oxygen atoms in total. The average molecular weight is 254 g/mol. The molecule has 1 fully saturated rings. The van der Waals surface area contributed by atoms with Crippen LogP contribution in [0.15, 0.2) is 18.2 Å². The first-order valence-electron chi connectivity index (χ1n) is 5.58. The number of carbonyl (C=O) groups is 1. The normalized spacial score (nSPS) is 19.2. The molecule has 1 aliphatic rings. The second-order valence-corrected chi connectivity index (χ2v) is 5.32. The van der Waals surface area contributed by atoms with Gasteiger partial charge in [-0.2, -0.15) is 11.8 Å². The van der Waals surface area contributed by atoms with Crippen molar-refractivity contribution in [3.63, 3.8) is 0 Å². The molecule has 1 unspecified atom stereocenters. The van der Waals surface area contributed by atoms with Crippen molar-refractivity contribution in [1.82, 2.24) is 0 Å². The molecule has 0 aliphatic carbocycles. The fourth-order valence-electron chi connectivity index (χ4n) is 1.81. The first-order chi connectivity index (χ1) is 8.16. The molecule has 2 rings (SSSR count). The average Bonchev–Trinajstić information content (AvgIpc) is 2.80. The minimum atomic E-state index is -0.538. The second kappa shape index (κ2) is 5.40. The first-order valence-corrected chi connectivity index (χ1v) is 6.73. The van der Waals surface area contributed by atoms with Gasteiger partial charge >= 0.3 is 0 Å². The number of hydrogen-bond donors (Lipinski definition) is 2. The maximum Gasteiger partial charge on any atom is 0.248 e. The van der Waals surface area contributed by atoms with Gasteiger partial charge in [-0.3, -0.25) is 4.79 Å². The fraction of sp³-hybridized carbons (Fsp3) is 0.417. The summed E-state index contributed by atoms with van der Waals surface area (Å²) in [6.45, 7) is 0.742. The standard InChI is InChI=1S/C12H15FN2OS/c13-10-2-1-9(12(14)16)5-11(10)15-6-8-3-4-17-7-8/h1-2,5,8,15H,3-4,6-7H2,(H2,14,16). The summed E-state index contributed by atoms with van der Waals surface area (Å²) in [5.74, 6) is 1.99. The molecule has 3 N–H and O–H groups in total. The molecule has 1 heterocycles. The third-order valence-corrected chi connectivity index (χ3v) is 4.09. The number of primary amides is 1. The molecule has 0 spiro atoms. The van der Waals surface area contributed by atoms with E-state index in [0.29, 0.717) is 17.2 Å². The highest BCUT2D eigenvalue weighted by atomic mass is 32.2. The van der Waals surface area contributed by atoms with E-state index >= 15 is 0 Å². The lowest BCUT2D eigenvalue weighted by Gasteiger charge is -2.12. The lowest BCUT2D eigenvalue weighted by molar-refractivity contribution is 0.100. The van der Waals surface area contributed by atoms with Crippen molar-refractivity contribution in [2.75, 3.05) is 23.4 Å². The van der Waals surface area contributed by atoms with Gasteiger partial charge in [0.05, 0.1) is 5.69 Å². The molecule has 1 aromatic rings. The van der Waals surface area contributed by atoms with E-state index in [4.69, 9.17) is 5.73 Å². The van der Waals surface area contributed by atoms with E-state index in [1.54, 1.807) is 0 Å². The summed E-state index contributed by atoms with van der Waals surface area (Å²) < 4.78 is 13.5. The van der Waals surface area contributed by atoms with E-state index < -0.39 is 5.91 Å². The van der Waals surface area contributed by atoms with E-state index in [1.807, 2.05) is 11.8 Å². The van der Waals surface area contributed by atoms with E-state index in [-0.39, 0.29) is 5.82 Å². The number of thioether (sulfide) groups is 1. The van der Waals surface area contributed by atoms with Gasteiger partial charge in [0.2, 0.25) is 5.91 Å². The molecule has 0 radical (unpaired) electrons. The molecule has 1 amide bonds. The number of halogens is 1. The maximum atomic E-state index is 13.5. The van der Waals surface area contributed by atoms with Gasteiger partial charge in [-0.25, -0.2) is 4.39 Å². The Morgan fingerprint density at radius 3 is 3.06 bits per heavy atom. The number of nitrogens with two attached hydrogens (primary N) is 1. The number of anilines is 1. The van der Waals surface area contributed by atoms with Crippen LogP contribution < -0.4 is 11.1 Å². The van der Waals surface area contributed by atoms with Gasteiger partial charge in [-0.05, 0) is 42.0 Å². The smallest absolute Gasteiger partial charge is 0.248 e. The number of carbonyl (C=O) groups excluding carboxylic acids is 1. The largest absolute Gasteiger partial charge is 0.382 e. The van der Waals surface area contributed by atoms with Crippen LogP contribution in [0.2, 0.25) is 0 Å². The van der Waals surface area contributed by atoms with Gasteiger partial charge < -0.3 is 11.1 Å². The van der Waals surface area contributed by atoms with Gasteiger partial charge in [0.15, 0.2) is 0 Å². The monoisotopic (exact) mass is 254 g/mol. The zero-order valence-corrected chi connectivity index (χ0v) is 10.2. The second-order valence-electron chi connectivity index (χ2n) is 4.17. The Balaban J connectivity index is 2.03. The molecule has 1 saturated heterocycles. The van der Waals surface area contributed by atoms with Crippen LogP contribution in [0.3, 0.4) is 0 Å². The van der Waals surface area contributed by atoms with Crippen molar-refractivity contribution in [2.24, 2.45) is 11.7 Å². The van der Waals surface area contributed by atoms with Crippen LogP contribution in [0, 0.1) is 11.7 Å². The zero-order chi connectivity index (χ0) is 12.3. The summed E-state index contributed by atoms with van der Waals surface area (Å²) in [6, 6.07) is 4.14. The van der Waals surface area contributed by atoms with Gasteiger partial charge in [-0.15, -0.1) is 0 Å². The molecular weight excluding hydrogens is 239 g/mol. The molecule has 5 heteroatoms. The lowest BCUT2D eigenvalue weighted by atomic mass is 10.1. The summed E-state index contributed by atoms with van der Waals surface area (Å²) in [5, 5.41) is 3.05. The summed E-state index contributed by atoms with van der Waals surface area (Å²) in [5.41, 5.74) is 5.85. The Morgan fingerprint density at radius 2 is 2.41 bits per heavy atom. The highest BCUT2D eigenvalue weighted by Gasteiger charge is 2.16. The number of amides is 1. The number of benzene rings is 1. The molecule has 1 atom stereocenters. The van der Waals surface area contributed by atoms with Crippen molar-refractivity contribution < 1.29 is 9.18 Å². The van der Waals surface area contributed by atoms with Crippen LogP contribution >= 0.6 is 11.8 Å². The van der Waals surface area contributed by atoms with Crippen LogP contribution in [-0.2, 0) is 0 Å². The van der Waals surface area contributed by atoms with Gasteiger partial charge in [0.25, 0.3) is 0 Å². The lowest BCUT2D eigenvalue weighted by Crippen LogP contribution is -2.16. The van der Waals surface area contributed by atoms with Crippen LogP contribution in [0.1, 0.15) is 16.8 Å². The van der Waals surface area contributed by atoms with Crippen LogP contribution in [0.5, 0.6) is 0 Å². The van der Waals surface area contributed by atoms with Crippen molar-refractivity contribution in [3.05, 3.63) is 29.6 Å². The Morgan fingerprint density at radius 1 is 1.59 bits per heavy atom. The molecule has 0 aromatic heterocycles. The molecule has 0 bridgehead atoms. The Kier molecular flexibility index (Phi) is 3.89. The fourth-order valence-corrected chi connectivity index (χ4v) is 3.10. The van der Waals surface area contributed by atoms with Crippen LogP contribution in [-0.4, -0.2) is 24.0 Å². The molecule has 1 aromatic carbocycles. The quantitative estimate of drug-likeness (QED) is 0.865. The number of hydrogen-bond acceptors (Lipinski definition) is 3. The SMILES string of the molecule is NC(=O)c1ccc(F)c(NCC2CCSC2)c1. The van der Waals surface area contributed by atoms with E-state index in [0.717, 1.165) is 18.7 Å². The van der Waals surface area contributed by atoms with Crippen molar-refractivity contribution in [1.29, 1.82) is 0 Å². The Labute approximate surface area is 104 Å². The molecule has 1 aliphatic heterocycles. The summed E-state index contributed by atoms with van der Waals surface area (Å²) >= 11 is 1.92. The number of nitrogens with one attached hydrogen (secondary N) is 1. The minimum absolute atomic E-state index is 0.328. The molecular formula is C12H15FN2OS. The van der Waals surface area contributed by atoms with E-state index in [2.05, 4.69) is 5.32 Å². The Hall–Kier alpha value is -1.23. The maximum absolute atomic E-state index is 13.5. The van der Waals surface area contributed by atoms with Crippen molar-refractivity contribution >= 4 is 23.4 Å². The zero-order valence-electron chi connectivity index (χ0n) is 9.41. The summed E-state index contributed by atoms with van der Waals surface area (Å²) in [4.78, 5) is 11.0. The van der Waals surface area contributed by atoms with Gasteiger partial charge in [-0.1, -0.05) is 0 Å². The Bertz CT molecular complexity index is 419. The van der Waals surface area contributed by atoms with Crippen LogP contribution in [0.25, 0.3) is 0 Å². The topological polar surface area (TPSA) is 55.1 Å². The van der Waals surface area contributed by atoms with E-state index in [1.165, 1.54) is 24.0 Å². The third-order valence-electron chi connectivity index (χ3n) is 2.86. The molecule has 17 heavy (non-hydrogen) atoms. The highest BCUT2D eigenvalue weighted by Crippen LogP contribution is 2.24. The van der Waals surface area contributed by atoms with Gasteiger partial charge in [0.1, 0.15) is 5.82 Å². The predicted molar refractivity (Wildman–Crippen MR) is 68.8 cm³/mol. The van der Waals surface area contributed by atoms with Crippen molar-refractivity contribution in [2.45, 2.75) is 6.42 Å². The molecule has 92 valence electrons.